The quantitative estimate of drug-likeness (QED) is 0.107. The molecule has 0 heterocycles. The lowest BCUT2D eigenvalue weighted by atomic mass is 9.97. The Labute approximate surface area is 298 Å². The van der Waals surface area contributed by atoms with E-state index in [1.54, 1.807) is 18.2 Å². The predicted molar refractivity (Wildman–Crippen MR) is 199 cm³/mol. The number of aryl methyl sites for hydroxylation is 2. The minimum Gasteiger partial charge on any atom is -0.429 e. The second kappa shape index (κ2) is 16.0. The van der Waals surface area contributed by atoms with Crippen LogP contribution in [0.5, 0.6) is 5.75 Å². The molecule has 7 aromatic carbocycles. The second-order valence-corrected chi connectivity index (χ2v) is 12.3. The van der Waals surface area contributed by atoms with Crippen molar-refractivity contribution in [3.05, 3.63) is 174 Å². The fraction of sp³-hybridized carbons (Fsp3) is 0.111. The fourth-order valence-electron chi connectivity index (χ4n) is 6.05. The molecule has 0 aromatic heterocycles. The van der Waals surface area contributed by atoms with E-state index in [0.29, 0.717) is 11.1 Å². The van der Waals surface area contributed by atoms with Gasteiger partial charge in [0.25, 0.3) is 0 Å². The minimum absolute atomic E-state index is 0.249. The maximum absolute atomic E-state index is 13.9. The van der Waals surface area contributed by atoms with Crippen molar-refractivity contribution in [2.45, 2.75) is 32.8 Å². The largest absolute Gasteiger partial charge is 0.429 e. The summed E-state index contributed by atoms with van der Waals surface area (Å²) < 4.78 is 82.8. The van der Waals surface area contributed by atoms with Crippen molar-refractivity contribution in [3.63, 3.8) is 0 Å². The molecular formula is C45H34F6O. The highest BCUT2D eigenvalue weighted by Gasteiger charge is 2.17. The van der Waals surface area contributed by atoms with Crippen LogP contribution in [0.3, 0.4) is 0 Å². The lowest BCUT2D eigenvalue weighted by Gasteiger charge is -2.10. The lowest BCUT2D eigenvalue weighted by Crippen LogP contribution is -2.06. The van der Waals surface area contributed by atoms with Gasteiger partial charge in [-0.2, -0.15) is 8.78 Å². The molecule has 0 amide bonds. The first-order valence-corrected chi connectivity index (χ1v) is 16.8. The Hall–Kier alpha value is -5.82. The molecule has 0 N–H and O–H groups in total. The molecule has 0 saturated carbocycles. The second-order valence-electron chi connectivity index (χ2n) is 12.3. The Morgan fingerprint density at radius 2 is 0.942 bits per heavy atom. The normalized spacial score (nSPS) is 11.1. The summed E-state index contributed by atoms with van der Waals surface area (Å²) >= 11 is 0. The van der Waals surface area contributed by atoms with Gasteiger partial charge in [0.15, 0.2) is 29.0 Å². The van der Waals surface area contributed by atoms with Crippen molar-refractivity contribution in [1.82, 2.24) is 0 Å². The summed E-state index contributed by atoms with van der Waals surface area (Å²) in [6, 6.07) is 38.2. The zero-order chi connectivity index (χ0) is 36.8. The van der Waals surface area contributed by atoms with Crippen molar-refractivity contribution in [2.75, 3.05) is 0 Å². The van der Waals surface area contributed by atoms with E-state index < -0.39 is 35.6 Å². The number of benzene rings is 7. The first-order valence-electron chi connectivity index (χ1n) is 16.8. The van der Waals surface area contributed by atoms with Crippen molar-refractivity contribution in [2.24, 2.45) is 0 Å². The summed E-state index contributed by atoms with van der Waals surface area (Å²) in [5.41, 5.74) is 7.10. The van der Waals surface area contributed by atoms with Gasteiger partial charge in [-0.1, -0.05) is 104 Å². The maximum Gasteiger partial charge on any atom is 0.387 e. The zero-order valence-corrected chi connectivity index (χ0v) is 28.3. The summed E-state index contributed by atoms with van der Waals surface area (Å²) in [4.78, 5) is 0. The SMILES string of the molecule is C=CCCc1ccc2cc(-c3cc(F)c(OC(F)F)c(F)c3)ccc2c1.CCc1ccc2cc(-c3ccc(-c4ccc(F)c(F)c4)cc3)ccc2c1. The molecule has 0 aliphatic carbocycles. The molecule has 262 valence electrons. The number of rotatable bonds is 9. The highest BCUT2D eigenvalue weighted by atomic mass is 19.3. The molecule has 7 aromatic rings. The zero-order valence-electron chi connectivity index (χ0n) is 28.3. The Bertz CT molecular complexity index is 2340. The topological polar surface area (TPSA) is 9.23 Å². The summed E-state index contributed by atoms with van der Waals surface area (Å²) in [5.74, 6) is -5.06. The predicted octanol–water partition coefficient (Wildman–Crippen LogP) is 13.5. The average Bonchev–Trinajstić information content (AvgIpc) is 3.16. The van der Waals surface area contributed by atoms with E-state index in [1.165, 1.54) is 28.0 Å². The molecule has 7 heteroatoms. The van der Waals surface area contributed by atoms with Gasteiger partial charge in [0.05, 0.1) is 0 Å². The molecule has 0 aliphatic heterocycles. The summed E-state index contributed by atoms with van der Waals surface area (Å²) in [6.07, 6.45) is 4.67. The molecule has 0 bridgehead atoms. The smallest absolute Gasteiger partial charge is 0.387 e. The summed E-state index contributed by atoms with van der Waals surface area (Å²) in [5, 5.41) is 4.38. The molecule has 52 heavy (non-hydrogen) atoms. The van der Waals surface area contributed by atoms with Crippen LogP contribution in [0.2, 0.25) is 0 Å². The molecular weight excluding hydrogens is 670 g/mol. The molecule has 0 aliphatic rings. The number of hydrogen-bond donors (Lipinski definition) is 0. The van der Waals surface area contributed by atoms with Crippen molar-refractivity contribution < 1.29 is 31.1 Å². The monoisotopic (exact) mass is 704 g/mol. The molecule has 7 rings (SSSR count). The van der Waals surface area contributed by atoms with Gasteiger partial charge < -0.3 is 4.74 Å². The molecule has 0 atom stereocenters. The first kappa shape index (κ1) is 36.0. The van der Waals surface area contributed by atoms with Gasteiger partial charge in [-0.3, -0.25) is 0 Å². The van der Waals surface area contributed by atoms with E-state index in [0.717, 1.165) is 64.9 Å². The van der Waals surface area contributed by atoms with Crippen LogP contribution in [-0.2, 0) is 12.8 Å². The molecule has 0 spiro atoms. The third kappa shape index (κ3) is 8.37. The Morgan fingerprint density at radius 3 is 1.48 bits per heavy atom. The van der Waals surface area contributed by atoms with E-state index in [1.807, 2.05) is 48.5 Å². The van der Waals surface area contributed by atoms with Crippen LogP contribution in [-0.4, -0.2) is 6.61 Å². The molecule has 0 radical (unpaired) electrons. The Morgan fingerprint density at radius 1 is 0.500 bits per heavy atom. The van der Waals surface area contributed by atoms with Gasteiger partial charge in [-0.25, -0.2) is 17.6 Å². The van der Waals surface area contributed by atoms with Crippen molar-refractivity contribution in [1.29, 1.82) is 0 Å². The van der Waals surface area contributed by atoms with Crippen LogP contribution in [0.25, 0.3) is 54.9 Å². The number of hydrogen-bond acceptors (Lipinski definition) is 1. The minimum atomic E-state index is -3.29. The van der Waals surface area contributed by atoms with Crippen LogP contribution in [0.1, 0.15) is 24.5 Å². The first-order chi connectivity index (χ1) is 25.1. The average molecular weight is 705 g/mol. The maximum atomic E-state index is 13.9. The van der Waals surface area contributed by atoms with Gasteiger partial charge >= 0.3 is 6.61 Å². The van der Waals surface area contributed by atoms with Gasteiger partial charge in [0.1, 0.15) is 0 Å². The number of ether oxygens (including phenoxy) is 1. The highest BCUT2D eigenvalue weighted by molar-refractivity contribution is 5.89. The fourth-order valence-corrected chi connectivity index (χ4v) is 6.05. The van der Waals surface area contributed by atoms with Gasteiger partial charge in [-0.15, -0.1) is 6.58 Å². The standard InChI is InChI=1S/C24H18F2.C21H16F4O/c1-2-16-3-4-21-14-20(10-9-19(21)13-16)17-5-7-18(8-6-17)22-11-12-23(25)24(26)15-22;1-2-3-4-13-5-6-15-10-16(8-7-14(15)9-13)17-11-18(22)20(19(23)12-17)26-21(24)25/h3-15H,2H2,1H3;2,5-12,21H,1,3-4H2. The third-order valence-electron chi connectivity index (χ3n) is 8.86. The molecule has 0 unspecified atom stereocenters. The van der Waals surface area contributed by atoms with Gasteiger partial charge in [0, 0.05) is 0 Å². The Kier molecular flexibility index (Phi) is 11.1. The number of allylic oxidation sites excluding steroid dienone is 1. The van der Waals surface area contributed by atoms with Gasteiger partial charge in [0.2, 0.25) is 0 Å². The molecule has 0 fully saturated rings. The summed E-state index contributed by atoms with van der Waals surface area (Å²) in [6.45, 7) is 2.57. The number of alkyl halides is 2. The Balaban J connectivity index is 0.000000179. The van der Waals surface area contributed by atoms with E-state index in [-0.39, 0.29) is 5.56 Å². The lowest BCUT2D eigenvalue weighted by molar-refractivity contribution is -0.0546. The molecule has 0 saturated heterocycles. The number of fused-ring (bicyclic) bond motifs is 2. The van der Waals surface area contributed by atoms with Crippen LogP contribution >= 0.6 is 0 Å². The van der Waals surface area contributed by atoms with Crippen LogP contribution in [0.15, 0.2) is 140 Å². The van der Waals surface area contributed by atoms with Gasteiger partial charge in [-0.05, 0) is 122 Å². The highest BCUT2D eigenvalue weighted by Crippen LogP contribution is 2.32. The van der Waals surface area contributed by atoms with Crippen LogP contribution < -0.4 is 4.74 Å². The van der Waals surface area contributed by atoms with Crippen LogP contribution in [0, 0.1) is 23.3 Å². The third-order valence-corrected chi connectivity index (χ3v) is 8.86. The van der Waals surface area contributed by atoms with E-state index in [9.17, 15) is 26.3 Å². The van der Waals surface area contributed by atoms with Crippen LogP contribution in [0.4, 0.5) is 26.3 Å². The van der Waals surface area contributed by atoms with Crippen molar-refractivity contribution >= 4 is 21.5 Å². The van der Waals surface area contributed by atoms with E-state index in [2.05, 4.69) is 60.7 Å². The van der Waals surface area contributed by atoms with E-state index in [4.69, 9.17) is 0 Å². The summed E-state index contributed by atoms with van der Waals surface area (Å²) in [7, 11) is 0. The van der Waals surface area contributed by atoms with Crippen molar-refractivity contribution in [3.8, 4) is 39.1 Å². The van der Waals surface area contributed by atoms with E-state index >= 15 is 0 Å². The molecule has 1 nitrogen and oxygen atoms in total. The number of halogens is 6.